The number of piperidine rings is 1. The maximum Gasteiger partial charge on any atom is 0.282 e. The Bertz CT molecular complexity index is 1180. The summed E-state index contributed by atoms with van der Waals surface area (Å²) in [6.07, 6.45) is 4.49. The zero-order chi connectivity index (χ0) is 21.5. The summed E-state index contributed by atoms with van der Waals surface area (Å²) in [5.41, 5.74) is 1.18. The van der Waals surface area contributed by atoms with Crippen molar-refractivity contribution in [2.75, 3.05) is 30.5 Å². The minimum Gasteiger partial charge on any atom is -0.354 e. The molecule has 0 amide bonds. The Kier molecular flexibility index (Phi) is 5.39. The lowest BCUT2D eigenvalue weighted by Gasteiger charge is -2.35. The average Bonchev–Trinajstić information content (AvgIpc) is 3.09. The molecule has 1 aliphatic heterocycles. The molecule has 0 radical (unpaired) electrons. The highest BCUT2D eigenvalue weighted by atomic mass is 32.2. The van der Waals surface area contributed by atoms with Crippen LogP contribution in [0.5, 0.6) is 0 Å². The summed E-state index contributed by atoms with van der Waals surface area (Å²) in [4.78, 5) is 15.0. The predicted octanol–water partition coefficient (Wildman–Crippen LogP) is 3.07. The second-order valence-electron chi connectivity index (χ2n) is 7.92. The standard InChI is InChI=1S/C19H23F2N7OS/c1-12-6-13(26-30(2,3)29)10-27(9-12)18-7-15(23-11-24-18)16-8-22-17-5-4-14(19(20)21)25-28(16)17/h4-5,7-8,11-13,19H,6,9-10H2,1-3H3/t12-,13+/m1/s1. The first kappa shape index (κ1) is 20.6. The van der Waals surface area contributed by atoms with E-state index < -0.39 is 16.2 Å². The van der Waals surface area contributed by atoms with Crippen LogP contribution in [0.2, 0.25) is 0 Å². The molecule has 30 heavy (non-hydrogen) atoms. The zero-order valence-electron chi connectivity index (χ0n) is 16.9. The first-order chi connectivity index (χ1) is 14.2. The third-order valence-electron chi connectivity index (χ3n) is 4.89. The van der Waals surface area contributed by atoms with Gasteiger partial charge in [-0.2, -0.15) is 5.10 Å². The van der Waals surface area contributed by atoms with Crippen molar-refractivity contribution in [1.82, 2.24) is 24.6 Å². The molecule has 0 aliphatic carbocycles. The van der Waals surface area contributed by atoms with Gasteiger partial charge in [0, 0.05) is 41.4 Å². The Morgan fingerprint density at radius 1 is 1.20 bits per heavy atom. The summed E-state index contributed by atoms with van der Waals surface area (Å²) >= 11 is 0. The highest BCUT2D eigenvalue weighted by molar-refractivity contribution is 7.92. The Morgan fingerprint density at radius 3 is 2.73 bits per heavy atom. The topological polar surface area (TPSA) is 88.6 Å². The van der Waals surface area contributed by atoms with Crippen molar-refractivity contribution in [3.63, 3.8) is 0 Å². The van der Waals surface area contributed by atoms with Crippen LogP contribution in [0.1, 0.15) is 25.5 Å². The van der Waals surface area contributed by atoms with Crippen molar-refractivity contribution in [2.45, 2.75) is 25.8 Å². The lowest BCUT2D eigenvalue weighted by molar-refractivity contribution is 0.144. The molecule has 0 spiro atoms. The molecule has 3 aromatic heterocycles. The van der Waals surface area contributed by atoms with Crippen LogP contribution < -0.4 is 4.90 Å². The molecule has 0 N–H and O–H groups in total. The smallest absolute Gasteiger partial charge is 0.282 e. The van der Waals surface area contributed by atoms with Crippen LogP contribution in [-0.4, -0.2) is 60.4 Å². The molecular formula is C19H23F2N7OS. The Morgan fingerprint density at radius 2 is 2.00 bits per heavy atom. The van der Waals surface area contributed by atoms with E-state index in [4.69, 9.17) is 0 Å². The minimum absolute atomic E-state index is 0.0410. The highest BCUT2D eigenvalue weighted by Gasteiger charge is 2.26. The van der Waals surface area contributed by atoms with Crippen LogP contribution in [0.4, 0.5) is 14.6 Å². The molecule has 160 valence electrons. The Labute approximate surface area is 173 Å². The number of alkyl halides is 2. The second-order valence-corrected chi connectivity index (χ2v) is 10.5. The number of hydrogen-bond donors (Lipinski definition) is 0. The van der Waals surface area contributed by atoms with E-state index in [1.165, 1.54) is 23.0 Å². The van der Waals surface area contributed by atoms with Gasteiger partial charge in [0.25, 0.3) is 6.43 Å². The maximum atomic E-state index is 13.1. The lowest BCUT2D eigenvalue weighted by atomic mass is 9.96. The molecule has 11 heteroatoms. The molecule has 4 heterocycles. The molecule has 1 saturated heterocycles. The molecule has 3 aromatic rings. The maximum absolute atomic E-state index is 13.1. The summed E-state index contributed by atoms with van der Waals surface area (Å²) in [6, 6.07) is 4.52. The van der Waals surface area contributed by atoms with E-state index in [1.54, 1.807) is 24.8 Å². The van der Waals surface area contributed by atoms with Gasteiger partial charge in [-0.15, -0.1) is 0 Å². The number of anilines is 1. The fourth-order valence-electron chi connectivity index (χ4n) is 3.78. The summed E-state index contributed by atoms with van der Waals surface area (Å²) < 4.78 is 44.1. The van der Waals surface area contributed by atoms with Crippen LogP contribution in [0.3, 0.4) is 0 Å². The van der Waals surface area contributed by atoms with Crippen LogP contribution in [0, 0.1) is 5.92 Å². The fourth-order valence-corrected chi connectivity index (χ4v) is 4.65. The van der Waals surface area contributed by atoms with Gasteiger partial charge in [0.1, 0.15) is 23.5 Å². The minimum atomic E-state index is -2.67. The lowest BCUT2D eigenvalue weighted by Crippen LogP contribution is -2.42. The molecule has 2 atom stereocenters. The van der Waals surface area contributed by atoms with Gasteiger partial charge in [-0.3, -0.25) is 4.21 Å². The first-order valence-electron chi connectivity index (χ1n) is 9.56. The summed E-state index contributed by atoms with van der Waals surface area (Å²) in [5, 5.41) is 4.00. The molecular weight excluding hydrogens is 412 g/mol. The fraction of sp³-hybridized carbons (Fsp3) is 0.474. The van der Waals surface area contributed by atoms with Crippen LogP contribution in [-0.2, 0) is 9.73 Å². The van der Waals surface area contributed by atoms with Gasteiger partial charge in [-0.1, -0.05) is 6.92 Å². The number of aromatic nitrogens is 5. The van der Waals surface area contributed by atoms with Gasteiger partial charge in [0.15, 0.2) is 5.65 Å². The van der Waals surface area contributed by atoms with Gasteiger partial charge in [-0.25, -0.2) is 32.6 Å². The molecule has 1 fully saturated rings. The molecule has 0 aromatic carbocycles. The van der Waals surface area contributed by atoms with Crippen LogP contribution in [0.15, 0.2) is 35.1 Å². The monoisotopic (exact) mass is 435 g/mol. The van der Waals surface area contributed by atoms with Crippen LogP contribution >= 0.6 is 0 Å². The van der Waals surface area contributed by atoms with Crippen LogP contribution in [0.25, 0.3) is 17.0 Å². The average molecular weight is 436 g/mol. The van der Waals surface area contributed by atoms with E-state index in [0.717, 1.165) is 13.0 Å². The molecule has 8 nitrogen and oxygen atoms in total. The van der Waals surface area contributed by atoms with Crippen molar-refractivity contribution in [2.24, 2.45) is 10.3 Å². The predicted molar refractivity (Wildman–Crippen MR) is 111 cm³/mol. The number of fused-ring (bicyclic) bond motifs is 1. The van der Waals surface area contributed by atoms with E-state index in [0.29, 0.717) is 35.3 Å². The van der Waals surface area contributed by atoms with Crippen molar-refractivity contribution < 1.29 is 13.0 Å². The Hall–Kier alpha value is -2.69. The SMILES string of the molecule is C[C@@H]1C[C@H](N=S(C)(C)=O)CN(c2cc(-c3cnc4ccc(C(F)F)nn34)ncn2)C1. The van der Waals surface area contributed by atoms with E-state index in [2.05, 4.69) is 36.2 Å². The summed E-state index contributed by atoms with van der Waals surface area (Å²) in [7, 11) is -2.20. The van der Waals surface area contributed by atoms with E-state index in [1.807, 2.05) is 0 Å². The van der Waals surface area contributed by atoms with Crippen molar-refractivity contribution in [1.29, 1.82) is 0 Å². The van der Waals surface area contributed by atoms with Gasteiger partial charge in [-0.05, 0) is 24.5 Å². The summed E-state index contributed by atoms with van der Waals surface area (Å²) in [6.45, 7) is 3.53. The number of hydrogen-bond acceptors (Lipinski definition) is 7. The van der Waals surface area contributed by atoms with E-state index in [-0.39, 0.29) is 11.7 Å². The highest BCUT2D eigenvalue weighted by Crippen LogP contribution is 2.27. The van der Waals surface area contributed by atoms with Gasteiger partial charge < -0.3 is 4.90 Å². The molecule has 0 unspecified atom stereocenters. The quantitative estimate of drug-likeness (QED) is 0.626. The van der Waals surface area contributed by atoms with Crippen molar-refractivity contribution in [3.8, 4) is 11.4 Å². The normalized spacial score (nSPS) is 20.1. The summed E-state index contributed by atoms with van der Waals surface area (Å²) in [5.74, 6) is 1.06. The van der Waals surface area contributed by atoms with Crippen molar-refractivity contribution >= 4 is 21.2 Å². The number of halogens is 2. The largest absolute Gasteiger partial charge is 0.354 e. The first-order valence-corrected chi connectivity index (χ1v) is 11.9. The second kappa shape index (κ2) is 7.86. The number of nitrogens with zero attached hydrogens (tertiary/aromatic N) is 7. The molecule has 0 saturated carbocycles. The molecule has 4 rings (SSSR count). The molecule has 0 bridgehead atoms. The third-order valence-corrected chi connectivity index (χ3v) is 5.69. The van der Waals surface area contributed by atoms with Gasteiger partial charge >= 0.3 is 0 Å². The molecule has 1 aliphatic rings. The van der Waals surface area contributed by atoms with Gasteiger partial charge in [0.2, 0.25) is 0 Å². The third kappa shape index (κ3) is 4.40. The van der Waals surface area contributed by atoms with Crippen molar-refractivity contribution in [3.05, 3.63) is 36.4 Å². The number of rotatable bonds is 4. The number of imidazole rings is 1. The van der Waals surface area contributed by atoms with E-state index >= 15 is 0 Å². The Balaban J connectivity index is 1.69. The zero-order valence-corrected chi connectivity index (χ0v) is 17.8. The van der Waals surface area contributed by atoms with Gasteiger partial charge in [0.05, 0.1) is 17.9 Å². The van der Waals surface area contributed by atoms with E-state index in [9.17, 15) is 13.0 Å².